The van der Waals surface area contributed by atoms with E-state index in [9.17, 15) is 14.0 Å². The average Bonchev–Trinajstić information content (AvgIpc) is 2.00. The summed E-state index contributed by atoms with van der Waals surface area (Å²) in [6.45, 7) is 5.81. The van der Waals surface area contributed by atoms with Gasteiger partial charge in [-0.05, 0) is 27.7 Å². The van der Waals surface area contributed by atoms with Gasteiger partial charge in [-0.15, -0.1) is 0 Å². The Morgan fingerprint density at radius 1 is 1.15 bits per heavy atom. The van der Waals surface area contributed by atoms with E-state index in [2.05, 4.69) is 0 Å². The van der Waals surface area contributed by atoms with Crippen LogP contribution in [0.2, 0.25) is 0 Å². The van der Waals surface area contributed by atoms with Crippen LogP contribution in [0, 0.1) is 5.92 Å². The molecular formula is C9H15FO3. The highest BCUT2D eigenvalue weighted by molar-refractivity contribution is 6.00. The molecule has 0 amide bonds. The zero-order valence-corrected chi connectivity index (χ0v) is 8.33. The first-order chi connectivity index (χ1) is 5.86. The van der Waals surface area contributed by atoms with Crippen LogP contribution < -0.4 is 0 Å². The molecule has 2 unspecified atom stereocenters. The van der Waals surface area contributed by atoms with E-state index in [4.69, 9.17) is 4.74 Å². The summed E-state index contributed by atoms with van der Waals surface area (Å²) in [6.07, 6.45) is -1.90. The second-order valence-corrected chi connectivity index (χ2v) is 3.23. The van der Waals surface area contributed by atoms with Gasteiger partial charge in [-0.25, -0.2) is 4.39 Å². The smallest absolute Gasteiger partial charge is 0.316 e. The Bertz CT molecular complexity index is 199. The largest absolute Gasteiger partial charge is 0.462 e. The number of carbonyl (C=O) groups excluding carboxylic acids is 2. The number of carbonyl (C=O) groups is 2. The summed E-state index contributed by atoms with van der Waals surface area (Å²) in [5, 5.41) is 0. The molecule has 0 aromatic carbocycles. The molecule has 4 heteroatoms. The van der Waals surface area contributed by atoms with Gasteiger partial charge >= 0.3 is 5.97 Å². The molecule has 0 saturated heterocycles. The molecule has 0 aliphatic rings. The number of esters is 1. The van der Waals surface area contributed by atoms with E-state index in [1.807, 2.05) is 0 Å². The van der Waals surface area contributed by atoms with Crippen molar-refractivity contribution in [3.8, 4) is 0 Å². The van der Waals surface area contributed by atoms with Gasteiger partial charge < -0.3 is 4.74 Å². The van der Waals surface area contributed by atoms with Crippen LogP contribution in [0.3, 0.4) is 0 Å². The van der Waals surface area contributed by atoms with Gasteiger partial charge in [0.05, 0.1) is 6.10 Å². The van der Waals surface area contributed by atoms with Crippen molar-refractivity contribution in [3.63, 3.8) is 0 Å². The first-order valence-corrected chi connectivity index (χ1v) is 4.24. The lowest BCUT2D eigenvalue weighted by molar-refractivity contribution is -0.155. The van der Waals surface area contributed by atoms with Crippen LogP contribution in [0.4, 0.5) is 4.39 Å². The van der Waals surface area contributed by atoms with Crippen molar-refractivity contribution < 1.29 is 18.7 Å². The highest BCUT2D eigenvalue weighted by atomic mass is 19.1. The summed E-state index contributed by atoms with van der Waals surface area (Å²) in [5.74, 6) is -2.41. The molecule has 0 N–H and O–H groups in total. The van der Waals surface area contributed by atoms with Gasteiger partial charge in [-0.2, -0.15) is 0 Å². The molecule has 3 nitrogen and oxygen atoms in total. The van der Waals surface area contributed by atoms with Crippen molar-refractivity contribution >= 4 is 11.8 Å². The van der Waals surface area contributed by atoms with E-state index in [1.54, 1.807) is 13.8 Å². The molecule has 13 heavy (non-hydrogen) atoms. The minimum Gasteiger partial charge on any atom is -0.462 e. The van der Waals surface area contributed by atoms with Gasteiger partial charge in [-0.1, -0.05) is 0 Å². The van der Waals surface area contributed by atoms with E-state index >= 15 is 0 Å². The summed E-state index contributed by atoms with van der Waals surface area (Å²) < 4.78 is 17.2. The summed E-state index contributed by atoms with van der Waals surface area (Å²) >= 11 is 0. The monoisotopic (exact) mass is 190 g/mol. The Labute approximate surface area is 77.3 Å². The summed E-state index contributed by atoms with van der Waals surface area (Å²) in [7, 11) is 0. The van der Waals surface area contributed by atoms with Crippen LogP contribution in [0.15, 0.2) is 0 Å². The third-order valence-corrected chi connectivity index (χ3v) is 1.52. The maximum absolute atomic E-state index is 12.5. The number of halogens is 1. The Balaban J connectivity index is 4.18. The fourth-order valence-corrected chi connectivity index (χ4v) is 0.795. The van der Waals surface area contributed by atoms with Crippen LogP contribution in [-0.2, 0) is 14.3 Å². The first kappa shape index (κ1) is 12.1. The van der Waals surface area contributed by atoms with E-state index in [0.717, 1.165) is 6.92 Å². The summed E-state index contributed by atoms with van der Waals surface area (Å²) in [6, 6.07) is 0. The average molecular weight is 190 g/mol. The van der Waals surface area contributed by atoms with Crippen LogP contribution >= 0.6 is 0 Å². The molecule has 0 saturated carbocycles. The standard InChI is InChI=1S/C9H15FO3/c1-5(2)13-9(12)6(3)8(11)7(4)10/h5-7H,1-4H3. The lowest BCUT2D eigenvalue weighted by atomic mass is 10.0. The predicted molar refractivity (Wildman–Crippen MR) is 46.0 cm³/mol. The Morgan fingerprint density at radius 3 is 1.92 bits per heavy atom. The number of Topliss-reactive ketones (excluding diaryl/α,β-unsaturated/α-hetero) is 1. The van der Waals surface area contributed by atoms with Gasteiger partial charge in [-0.3, -0.25) is 9.59 Å². The van der Waals surface area contributed by atoms with Gasteiger partial charge in [0, 0.05) is 0 Å². The van der Waals surface area contributed by atoms with Crippen molar-refractivity contribution in [2.75, 3.05) is 0 Å². The third-order valence-electron chi connectivity index (χ3n) is 1.52. The fraction of sp³-hybridized carbons (Fsp3) is 0.778. The number of hydrogen-bond donors (Lipinski definition) is 0. The van der Waals surface area contributed by atoms with E-state index in [0.29, 0.717) is 0 Å². The Morgan fingerprint density at radius 2 is 1.62 bits per heavy atom. The van der Waals surface area contributed by atoms with Gasteiger partial charge in [0.2, 0.25) is 0 Å². The van der Waals surface area contributed by atoms with Crippen molar-refractivity contribution in [2.24, 2.45) is 5.92 Å². The van der Waals surface area contributed by atoms with Crippen LogP contribution in [-0.4, -0.2) is 24.0 Å². The molecule has 0 aromatic heterocycles. The molecule has 2 atom stereocenters. The predicted octanol–water partition coefficient (Wildman–Crippen LogP) is 1.50. The molecule has 0 fully saturated rings. The minimum atomic E-state index is -1.62. The molecule has 0 radical (unpaired) electrons. The highest BCUT2D eigenvalue weighted by Crippen LogP contribution is 2.07. The second-order valence-electron chi connectivity index (χ2n) is 3.23. The lowest BCUT2D eigenvalue weighted by Gasteiger charge is -2.13. The molecule has 0 rings (SSSR count). The van der Waals surface area contributed by atoms with Gasteiger partial charge in [0.15, 0.2) is 12.0 Å². The first-order valence-electron chi connectivity index (χ1n) is 4.24. The molecule has 76 valence electrons. The number of rotatable bonds is 4. The SMILES string of the molecule is CC(C)OC(=O)C(C)C(=O)C(C)F. The third kappa shape index (κ3) is 4.01. The second kappa shape index (κ2) is 4.94. The quantitative estimate of drug-likeness (QED) is 0.498. The molecular weight excluding hydrogens is 175 g/mol. The molecule has 0 aliphatic carbocycles. The highest BCUT2D eigenvalue weighted by Gasteiger charge is 2.27. The fourth-order valence-electron chi connectivity index (χ4n) is 0.795. The molecule has 0 bridgehead atoms. The maximum atomic E-state index is 12.5. The lowest BCUT2D eigenvalue weighted by Crippen LogP contribution is -2.30. The molecule has 0 aromatic rings. The van der Waals surface area contributed by atoms with Gasteiger partial charge in [0.1, 0.15) is 5.92 Å². The van der Waals surface area contributed by atoms with E-state index < -0.39 is 23.8 Å². The van der Waals surface area contributed by atoms with Gasteiger partial charge in [0.25, 0.3) is 0 Å². The van der Waals surface area contributed by atoms with Crippen molar-refractivity contribution in [2.45, 2.75) is 40.0 Å². The Kier molecular flexibility index (Phi) is 4.59. The van der Waals surface area contributed by atoms with Crippen LogP contribution in [0.1, 0.15) is 27.7 Å². The maximum Gasteiger partial charge on any atom is 0.316 e. The topological polar surface area (TPSA) is 43.4 Å². The van der Waals surface area contributed by atoms with Crippen molar-refractivity contribution in [3.05, 3.63) is 0 Å². The van der Waals surface area contributed by atoms with E-state index in [-0.39, 0.29) is 6.10 Å². The molecule has 0 spiro atoms. The number of ketones is 1. The minimum absolute atomic E-state index is 0.280. The molecule has 0 aliphatic heterocycles. The van der Waals surface area contributed by atoms with Crippen LogP contribution in [0.25, 0.3) is 0 Å². The normalized spacial score (nSPS) is 15.2. The number of hydrogen-bond acceptors (Lipinski definition) is 3. The summed E-state index contributed by atoms with van der Waals surface area (Å²) in [4.78, 5) is 22.1. The zero-order valence-electron chi connectivity index (χ0n) is 8.33. The van der Waals surface area contributed by atoms with Crippen molar-refractivity contribution in [1.29, 1.82) is 0 Å². The summed E-state index contributed by atoms with van der Waals surface area (Å²) in [5.41, 5.74) is 0. The zero-order chi connectivity index (χ0) is 10.6. The Hall–Kier alpha value is -0.930. The van der Waals surface area contributed by atoms with E-state index in [1.165, 1.54) is 6.92 Å². The molecule has 0 heterocycles. The van der Waals surface area contributed by atoms with Crippen molar-refractivity contribution in [1.82, 2.24) is 0 Å². The number of ether oxygens (including phenoxy) is 1. The number of alkyl halides is 1. The van der Waals surface area contributed by atoms with Crippen LogP contribution in [0.5, 0.6) is 0 Å².